The molecule has 48 valence electrons. The monoisotopic (exact) mass is 141 g/mol. The van der Waals surface area contributed by atoms with Gasteiger partial charge in [0.25, 0.3) is 0 Å². The van der Waals surface area contributed by atoms with Crippen molar-refractivity contribution >= 4 is 17.3 Å². The molecule has 0 bridgehead atoms. The van der Waals surface area contributed by atoms with Gasteiger partial charge in [0.2, 0.25) is 0 Å². The van der Waals surface area contributed by atoms with Crippen LogP contribution >= 0.6 is 12.2 Å². The summed E-state index contributed by atoms with van der Waals surface area (Å²) in [6.45, 7) is 1.85. The van der Waals surface area contributed by atoms with Crippen LogP contribution in [0.4, 0.5) is 0 Å². The molecule has 0 spiro atoms. The van der Waals surface area contributed by atoms with E-state index in [4.69, 9.17) is 18.0 Å². The van der Waals surface area contributed by atoms with Crippen molar-refractivity contribution in [3.8, 4) is 0 Å². The SMILES string of the molecule is Cc1nccn1C(N)=S. The van der Waals surface area contributed by atoms with Gasteiger partial charge < -0.3 is 5.73 Å². The van der Waals surface area contributed by atoms with Crippen LogP contribution in [-0.2, 0) is 0 Å². The van der Waals surface area contributed by atoms with E-state index in [2.05, 4.69) is 4.98 Å². The van der Waals surface area contributed by atoms with Crippen LogP contribution in [-0.4, -0.2) is 14.7 Å². The lowest BCUT2D eigenvalue weighted by Crippen LogP contribution is -2.19. The molecule has 2 N–H and O–H groups in total. The molecule has 0 unspecified atom stereocenters. The molecule has 4 heteroatoms. The van der Waals surface area contributed by atoms with Crippen LogP contribution in [0.15, 0.2) is 12.4 Å². The second-order valence-electron chi connectivity index (χ2n) is 1.68. The Morgan fingerprint density at radius 2 is 2.56 bits per heavy atom. The van der Waals surface area contributed by atoms with Gasteiger partial charge in [-0.05, 0) is 19.1 Å². The van der Waals surface area contributed by atoms with Gasteiger partial charge in [-0.25, -0.2) is 4.98 Å². The fourth-order valence-corrected chi connectivity index (χ4v) is 0.804. The van der Waals surface area contributed by atoms with Gasteiger partial charge in [-0.2, -0.15) is 0 Å². The Morgan fingerprint density at radius 3 is 2.78 bits per heavy atom. The fourth-order valence-electron chi connectivity index (χ4n) is 0.611. The molecular formula is C5H7N3S. The number of imidazole rings is 1. The number of nitrogens with two attached hydrogens (primary N) is 1. The van der Waals surface area contributed by atoms with E-state index in [1.165, 1.54) is 0 Å². The lowest BCUT2D eigenvalue weighted by atomic mass is 10.7. The fraction of sp³-hybridized carbons (Fsp3) is 0.200. The zero-order chi connectivity index (χ0) is 6.85. The van der Waals surface area contributed by atoms with Crippen LogP contribution in [0, 0.1) is 6.92 Å². The van der Waals surface area contributed by atoms with E-state index in [1.54, 1.807) is 17.0 Å². The van der Waals surface area contributed by atoms with Gasteiger partial charge in [0.05, 0.1) is 0 Å². The van der Waals surface area contributed by atoms with E-state index in [0.29, 0.717) is 5.11 Å². The van der Waals surface area contributed by atoms with Gasteiger partial charge in [0.15, 0.2) is 5.11 Å². The minimum absolute atomic E-state index is 0.338. The number of thiocarbonyl (C=S) groups is 1. The molecule has 0 fully saturated rings. The van der Waals surface area contributed by atoms with E-state index in [1.807, 2.05) is 6.92 Å². The van der Waals surface area contributed by atoms with Crippen molar-refractivity contribution in [3.05, 3.63) is 18.2 Å². The molecule has 1 heterocycles. The van der Waals surface area contributed by atoms with Gasteiger partial charge in [0.1, 0.15) is 5.82 Å². The predicted molar refractivity (Wildman–Crippen MR) is 39.1 cm³/mol. The molecule has 1 aromatic rings. The Morgan fingerprint density at radius 1 is 1.89 bits per heavy atom. The minimum Gasteiger partial charge on any atom is -0.376 e. The molecule has 0 saturated heterocycles. The zero-order valence-corrected chi connectivity index (χ0v) is 5.85. The zero-order valence-electron chi connectivity index (χ0n) is 5.03. The predicted octanol–water partition coefficient (Wildman–Crippen LogP) is 0.283. The van der Waals surface area contributed by atoms with Crippen molar-refractivity contribution in [2.24, 2.45) is 5.73 Å². The minimum atomic E-state index is 0.338. The number of aromatic nitrogens is 2. The first-order valence-electron chi connectivity index (χ1n) is 2.51. The highest BCUT2D eigenvalue weighted by Crippen LogP contribution is 1.91. The summed E-state index contributed by atoms with van der Waals surface area (Å²) in [5.74, 6) is 0.822. The quantitative estimate of drug-likeness (QED) is 0.528. The third-order valence-corrected chi connectivity index (χ3v) is 1.26. The van der Waals surface area contributed by atoms with Crippen molar-refractivity contribution in [3.63, 3.8) is 0 Å². The second kappa shape index (κ2) is 2.14. The molecule has 9 heavy (non-hydrogen) atoms. The highest BCUT2D eigenvalue weighted by Gasteiger charge is 1.95. The Hall–Kier alpha value is -0.900. The summed E-state index contributed by atoms with van der Waals surface area (Å²) in [6.07, 6.45) is 3.40. The normalized spacial score (nSPS) is 9.44. The summed E-state index contributed by atoms with van der Waals surface area (Å²) in [6, 6.07) is 0. The van der Waals surface area contributed by atoms with E-state index >= 15 is 0 Å². The molecule has 0 saturated carbocycles. The molecule has 0 amide bonds. The maximum absolute atomic E-state index is 5.31. The standard InChI is InChI=1S/C5H7N3S/c1-4-7-2-3-8(4)5(6)9/h2-3H,1H3,(H2,6,9). The molecule has 0 radical (unpaired) electrons. The third-order valence-electron chi connectivity index (χ3n) is 1.06. The maximum atomic E-state index is 5.31. The van der Waals surface area contributed by atoms with Crippen molar-refractivity contribution in [2.45, 2.75) is 6.92 Å². The Balaban J connectivity index is 3.08. The summed E-state index contributed by atoms with van der Waals surface area (Å²) in [4.78, 5) is 3.93. The molecule has 1 rings (SSSR count). The van der Waals surface area contributed by atoms with Crippen LogP contribution in [0.25, 0.3) is 0 Å². The maximum Gasteiger partial charge on any atom is 0.175 e. The molecule has 0 aliphatic rings. The van der Waals surface area contributed by atoms with Gasteiger partial charge in [0, 0.05) is 12.4 Å². The second-order valence-corrected chi connectivity index (χ2v) is 2.10. The highest BCUT2D eigenvalue weighted by atomic mass is 32.1. The highest BCUT2D eigenvalue weighted by molar-refractivity contribution is 7.80. The van der Waals surface area contributed by atoms with Crippen LogP contribution in [0.5, 0.6) is 0 Å². The van der Waals surface area contributed by atoms with Gasteiger partial charge in [-0.3, -0.25) is 4.57 Å². The molecule has 3 nitrogen and oxygen atoms in total. The smallest absolute Gasteiger partial charge is 0.175 e. The lowest BCUT2D eigenvalue weighted by molar-refractivity contribution is 1.03. The number of hydrogen-bond donors (Lipinski definition) is 1. The summed E-state index contributed by atoms with van der Waals surface area (Å²) < 4.78 is 1.65. The first-order valence-corrected chi connectivity index (χ1v) is 2.92. The molecule has 0 aliphatic heterocycles. The molecular weight excluding hydrogens is 134 g/mol. The van der Waals surface area contributed by atoms with Crippen molar-refractivity contribution < 1.29 is 0 Å². The van der Waals surface area contributed by atoms with Crippen LogP contribution in [0.1, 0.15) is 5.82 Å². The molecule has 1 aromatic heterocycles. The molecule has 0 aromatic carbocycles. The summed E-state index contributed by atoms with van der Waals surface area (Å²) in [5.41, 5.74) is 5.31. The van der Waals surface area contributed by atoms with Crippen molar-refractivity contribution in [1.82, 2.24) is 9.55 Å². The van der Waals surface area contributed by atoms with Crippen LogP contribution in [0.2, 0.25) is 0 Å². The largest absolute Gasteiger partial charge is 0.376 e. The van der Waals surface area contributed by atoms with Crippen LogP contribution < -0.4 is 5.73 Å². The molecule has 0 atom stereocenters. The Labute approximate surface area is 58.5 Å². The third kappa shape index (κ3) is 1.08. The Kier molecular flexibility index (Phi) is 1.48. The Bertz CT molecular complexity index is 228. The number of rotatable bonds is 0. The van der Waals surface area contributed by atoms with Crippen LogP contribution in [0.3, 0.4) is 0 Å². The molecule has 0 aliphatic carbocycles. The van der Waals surface area contributed by atoms with E-state index in [0.717, 1.165) is 5.82 Å². The summed E-state index contributed by atoms with van der Waals surface area (Å²) in [7, 11) is 0. The van der Waals surface area contributed by atoms with Gasteiger partial charge >= 0.3 is 0 Å². The van der Waals surface area contributed by atoms with Crippen molar-refractivity contribution in [1.29, 1.82) is 0 Å². The number of aryl methyl sites for hydroxylation is 1. The number of nitrogens with zero attached hydrogens (tertiary/aromatic N) is 2. The summed E-state index contributed by atoms with van der Waals surface area (Å²) in [5, 5.41) is 0.338. The average Bonchev–Trinajstić information content (AvgIpc) is 2.13. The first kappa shape index (κ1) is 6.22. The first-order chi connectivity index (χ1) is 4.22. The van der Waals surface area contributed by atoms with Gasteiger partial charge in [-0.1, -0.05) is 0 Å². The van der Waals surface area contributed by atoms with E-state index in [9.17, 15) is 0 Å². The van der Waals surface area contributed by atoms with E-state index in [-0.39, 0.29) is 0 Å². The number of hydrogen-bond acceptors (Lipinski definition) is 2. The lowest BCUT2D eigenvalue weighted by Gasteiger charge is -1.97. The van der Waals surface area contributed by atoms with Crippen molar-refractivity contribution in [2.75, 3.05) is 0 Å². The topological polar surface area (TPSA) is 43.8 Å². The van der Waals surface area contributed by atoms with Gasteiger partial charge in [-0.15, -0.1) is 0 Å². The summed E-state index contributed by atoms with van der Waals surface area (Å²) >= 11 is 4.70. The average molecular weight is 141 g/mol. The van der Waals surface area contributed by atoms with E-state index < -0.39 is 0 Å².